The molecule has 1 heterocycles. The van der Waals surface area contributed by atoms with Crippen LogP contribution in [-0.2, 0) is 11.3 Å². The van der Waals surface area contributed by atoms with Crippen LogP contribution in [0.1, 0.15) is 15.9 Å². The molecule has 0 N–H and O–H groups in total. The first-order valence-corrected chi connectivity index (χ1v) is 7.91. The summed E-state index contributed by atoms with van der Waals surface area (Å²) in [6.07, 6.45) is 1.98. The average molecular weight is 374 g/mol. The minimum atomic E-state index is -0.335. The number of ether oxygens (including phenoxy) is 2. The Balaban J connectivity index is 2.01. The fraction of sp³-hybridized carbons (Fsp3) is 0.167. The van der Waals surface area contributed by atoms with E-state index < -0.39 is 0 Å². The number of aromatic nitrogens is 1. The smallest absolute Gasteiger partial charge is 0.338 e. The summed E-state index contributed by atoms with van der Waals surface area (Å²) in [5.74, 6) is 0.500. The van der Waals surface area contributed by atoms with Crippen LogP contribution in [0.4, 0.5) is 0 Å². The van der Waals surface area contributed by atoms with Crippen LogP contribution in [0.25, 0.3) is 10.9 Å². The Labute approximate surface area is 142 Å². The van der Waals surface area contributed by atoms with Crippen molar-refractivity contribution in [3.63, 3.8) is 0 Å². The Morgan fingerprint density at radius 3 is 2.52 bits per heavy atom. The molecule has 0 saturated heterocycles. The standard InChI is InChI=1S/C18H16BrNO3/c1-22-14-5-3-12(4-6-14)11-20-8-7-15-16(18(21)23-2)9-13(19)10-17(15)20/h3-10H,11H2,1-2H3. The molecule has 0 unspecified atom stereocenters. The second-order valence-electron chi connectivity index (χ2n) is 5.17. The lowest BCUT2D eigenvalue weighted by Gasteiger charge is -2.08. The molecule has 0 aliphatic rings. The van der Waals surface area contributed by atoms with Crippen molar-refractivity contribution in [3.8, 4) is 5.75 Å². The van der Waals surface area contributed by atoms with E-state index in [4.69, 9.17) is 9.47 Å². The van der Waals surface area contributed by atoms with Gasteiger partial charge in [-0.25, -0.2) is 4.79 Å². The predicted molar refractivity (Wildman–Crippen MR) is 93.1 cm³/mol. The van der Waals surface area contributed by atoms with Crippen molar-refractivity contribution in [2.24, 2.45) is 0 Å². The molecule has 0 radical (unpaired) electrons. The summed E-state index contributed by atoms with van der Waals surface area (Å²) in [6.45, 7) is 0.713. The summed E-state index contributed by atoms with van der Waals surface area (Å²) >= 11 is 3.47. The van der Waals surface area contributed by atoms with Crippen molar-refractivity contribution in [2.75, 3.05) is 14.2 Å². The van der Waals surface area contributed by atoms with Gasteiger partial charge in [0.15, 0.2) is 0 Å². The lowest BCUT2D eigenvalue weighted by molar-refractivity contribution is 0.0603. The third-order valence-electron chi connectivity index (χ3n) is 3.77. The Bertz CT molecular complexity index is 853. The highest BCUT2D eigenvalue weighted by molar-refractivity contribution is 9.10. The topological polar surface area (TPSA) is 40.5 Å². The molecule has 3 aromatic rings. The fourth-order valence-corrected chi connectivity index (χ4v) is 3.05. The van der Waals surface area contributed by atoms with Crippen molar-refractivity contribution in [1.82, 2.24) is 4.57 Å². The Hall–Kier alpha value is -2.27. The molecule has 0 amide bonds. The van der Waals surface area contributed by atoms with Gasteiger partial charge in [-0.05, 0) is 35.9 Å². The molecule has 5 heteroatoms. The number of carbonyl (C=O) groups is 1. The number of esters is 1. The number of benzene rings is 2. The van der Waals surface area contributed by atoms with E-state index >= 15 is 0 Å². The molecule has 0 aliphatic carbocycles. The zero-order valence-corrected chi connectivity index (χ0v) is 14.5. The van der Waals surface area contributed by atoms with Crippen LogP contribution in [-0.4, -0.2) is 24.8 Å². The molecular formula is C18H16BrNO3. The zero-order chi connectivity index (χ0) is 16.4. The molecule has 0 aliphatic heterocycles. The molecule has 118 valence electrons. The highest BCUT2D eigenvalue weighted by Crippen LogP contribution is 2.27. The lowest BCUT2D eigenvalue weighted by atomic mass is 10.1. The first kappa shape index (κ1) is 15.6. The maximum Gasteiger partial charge on any atom is 0.338 e. The highest BCUT2D eigenvalue weighted by atomic mass is 79.9. The zero-order valence-electron chi connectivity index (χ0n) is 12.9. The Morgan fingerprint density at radius 1 is 1.13 bits per heavy atom. The molecule has 0 saturated carbocycles. The Morgan fingerprint density at radius 2 is 1.87 bits per heavy atom. The summed E-state index contributed by atoms with van der Waals surface area (Å²) < 4.78 is 13.0. The van der Waals surface area contributed by atoms with E-state index in [1.807, 2.05) is 42.6 Å². The summed E-state index contributed by atoms with van der Waals surface area (Å²) in [5.41, 5.74) is 2.70. The molecule has 0 bridgehead atoms. The van der Waals surface area contributed by atoms with Gasteiger partial charge in [-0.3, -0.25) is 0 Å². The first-order valence-electron chi connectivity index (χ1n) is 7.12. The number of fused-ring (bicyclic) bond motifs is 1. The highest BCUT2D eigenvalue weighted by Gasteiger charge is 2.14. The summed E-state index contributed by atoms with van der Waals surface area (Å²) in [6, 6.07) is 13.7. The van der Waals surface area contributed by atoms with Crippen LogP contribution in [0.15, 0.2) is 53.1 Å². The molecule has 4 nitrogen and oxygen atoms in total. The van der Waals surface area contributed by atoms with Crippen LogP contribution in [0.3, 0.4) is 0 Å². The molecule has 1 aromatic heterocycles. The molecule has 0 spiro atoms. The van der Waals surface area contributed by atoms with Crippen molar-refractivity contribution < 1.29 is 14.3 Å². The molecule has 2 aromatic carbocycles. The van der Waals surface area contributed by atoms with E-state index in [1.54, 1.807) is 13.2 Å². The summed E-state index contributed by atoms with van der Waals surface area (Å²) in [4.78, 5) is 12.0. The van der Waals surface area contributed by atoms with E-state index in [1.165, 1.54) is 7.11 Å². The lowest BCUT2D eigenvalue weighted by Crippen LogP contribution is -2.03. The van der Waals surface area contributed by atoms with Gasteiger partial charge in [0.1, 0.15) is 5.75 Å². The largest absolute Gasteiger partial charge is 0.497 e. The van der Waals surface area contributed by atoms with Gasteiger partial charge in [0, 0.05) is 22.6 Å². The predicted octanol–water partition coefficient (Wildman–Crippen LogP) is 4.25. The van der Waals surface area contributed by atoms with Gasteiger partial charge < -0.3 is 14.0 Å². The number of hydrogen-bond donors (Lipinski definition) is 0. The van der Waals surface area contributed by atoms with Gasteiger partial charge in [0.25, 0.3) is 0 Å². The summed E-state index contributed by atoms with van der Waals surface area (Å²) in [7, 11) is 3.05. The third-order valence-corrected chi connectivity index (χ3v) is 4.23. The van der Waals surface area contributed by atoms with Crippen LogP contribution in [0.2, 0.25) is 0 Å². The number of rotatable bonds is 4. The molecule has 0 atom stereocenters. The summed E-state index contributed by atoms with van der Waals surface area (Å²) in [5, 5.41) is 0.883. The minimum absolute atomic E-state index is 0.335. The van der Waals surface area contributed by atoms with Gasteiger partial charge in [-0.2, -0.15) is 0 Å². The third kappa shape index (κ3) is 3.10. The molecular weight excluding hydrogens is 358 g/mol. The van der Waals surface area contributed by atoms with Crippen molar-refractivity contribution in [1.29, 1.82) is 0 Å². The van der Waals surface area contributed by atoms with Gasteiger partial charge >= 0.3 is 5.97 Å². The van der Waals surface area contributed by atoms with E-state index in [0.29, 0.717) is 12.1 Å². The number of nitrogens with zero attached hydrogens (tertiary/aromatic N) is 1. The monoisotopic (exact) mass is 373 g/mol. The van der Waals surface area contributed by atoms with Crippen LogP contribution >= 0.6 is 15.9 Å². The number of halogens is 1. The maximum atomic E-state index is 12.0. The first-order chi connectivity index (χ1) is 11.1. The van der Waals surface area contributed by atoms with Gasteiger partial charge in [0.05, 0.1) is 25.3 Å². The van der Waals surface area contributed by atoms with E-state index in [-0.39, 0.29) is 5.97 Å². The second kappa shape index (κ2) is 6.46. The fourth-order valence-electron chi connectivity index (χ4n) is 2.61. The normalized spacial score (nSPS) is 10.7. The van der Waals surface area contributed by atoms with Crippen molar-refractivity contribution >= 4 is 32.8 Å². The van der Waals surface area contributed by atoms with Gasteiger partial charge in [-0.15, -0.1) is 0 Å². The van der Waals surface area contributed by atoms with Crippen LogP contribution < -0.4 is 4.74 Å². The molecule has 23 heavy (non-hydrogen) atoms. The van der Waals surface area contributed by atoms with Gasteiger partial charge in [0.2, 0.25) is 0 Å². The number of carbonyl (C=O) groups excluding carboxylic acids is 1. The average Bonchev–Trinajstić information content (AvgIpc) is 2.96. The van der Waals surface area contributed by atoms with Crippen molar-refractivity contribution in [2.45, 2.75) is 6.54 Å². The van der Waals surface area contributed by atoms with Crippen LogP contribution in [0, 0.1) is 0 Å². The second-order valence-corrected chi connectivity index (χ2v) is 6.09. The maximum absolute atomic E-state index is 12.0. The van der Waals surface area contributed by atoms with E-state index in [2.05, 4.69) is 20.5 Å². The van der Waals surface area contributed by atoms with Crippen molar-refractivity contribution in [3.05, 3.63) is 64.3 Å². The Kier molecular flexibility index (Phi) is 4.39. The quantitative estimate of drug-likeness (QED) is 0.641. The van der Waals surface area contributed by atoms with E-state index in [9.17, 15) is 4.79 Å². The SMILES string of the molecule is COC(=O)c1cc(Br)cc2c1ccn2Cc1ccc(OC)cc1. The molecule has 0 fully saturated rings. The number of hydrogen-bond acceptors (Lipinski definition) is 3. The van der Waals surface area contributed by atoms with E-state index in [0.717, 1.165) is 26.7 Å². The molecule has 3 rings (SSSR count). The minimum Gasteiger partial charge on any atom is -0.497 e. The number of methoxy groups -OCH3 is 2. The van der Waals surface area contributed by atoms with Gasteiger partial charge in [-0.1, -0.05) is 28.1 Å². The van der Waals surface area contributed by atoms with Crippen LogP contribution in [0.5, 0.6) is 5.75 Å².